The molecule has 11 nitrogen and oxygen atoms in total. The number of aromatic amines is 2. The van der Waals surface area contributed by atoms with Crippen LogP contribution in [0.1, 0.15) is 23.6 Å². The topological polar surface area (TPSA) is 168 Å². The third kappa shape index (κ3) is 5.32. The molecule has 1 saturated heterocycles. The molecule has 3 N–H and O–H groups in total. The first-order valence-corrected chi connectivity index (χ1v) is 11.3. The summed E-state index contributed by atoms with van der Waals surface area (Å²) >= 11 is 1.05. The van der Waals surface area contributed by atoms with Crippen LogP contribution in [0, 0.1) is 6.92 Å². The van der Waals surface area contributed by atoms with Crippen LogP contribution in [-0.2, 0) is 27.5 Å². The molecular weight excluding hydrogens is 410 g/mol. The van der Waals surface area contributed by atoms with Crippen molar-refractivity contribution in [3.05, 3.63) is 38.0 Å². The van der Waals surface area contributed by atoms with Gasteiger partial charge in [-0.3, -0.25) is 14.6 Å². The number of rotatable bonds is 7. The van der Waals surface area contributed by atoms with Gasteiger partial charge in [0.25, 0.3) is 10.8 Å². The van der Waals surface area contributed by atoms with Crippen molar-refractivity contribution in [3.63, 3.8) is 0 Å². The Labute approximate surface area is 163 Å². The Morgan fingerprint density at radius 3 is 2.75 bits per heavy atom. The summed E-state index contributed by atoms with van der Waals surface area (Å²) in [5.74, 6) is 0.0846. The smallest absolute Gasteiger partial charge is 0.325 e. The molecule has 28 heavy (non-hydrogen) atoms. The highest BCUT2D eigenvalue weighted by atomic mass is 32.2. The van der Waals surface area contributed by atoms with E-state index in [-0.39, 0.29) is 34.4 Å². The minimum atomic E-state index is -3.05. The van der Waals surface area contributed by atoms with Crippen molar-refractivity contribution in [2.45, 2.75) is 37.5 Å². The molecule has 2 aromatic heterocycles. The van der Waals surface area contributed by atoms with Crippen LogP contribution in [-0.4, -0.2) is 57.8 Å². The highest BCUT2D eigenvalue weighted by molar-refractivity contribution is 7.99. The van der Waals surface area contributed by atoms with Gasteiger partial charge < -0.3 is 14.7 Å². The number of hydrogen-bond acceptors (Lipinski definition) is 9. The largest absolute Gasteiger partial charge is 0.416 e. The fraction of sp³-hybridized carbons (Fsp3) is 0.533. The maximum Gasteiger partial charge on any atom is 0.325 e. The van der Waals surface area contributed by atoms with E-state index >= 15 is 0 Å². The molecule has 1 amide bonds. The molecule has 1 fully saturated rings. The zero-order valence-corrected chi connectivity index (χ0v) is 16.6. The van der Waals surface area contributed by atoms with E-state index in [0.717, 1.165) is 11.8 Å². The second kappa shape index (κ2) is 8.31. The van der Waals surface area contributed by atoms with E-state index in [4.69, 9.17) is 4.42 Å². The molecule has 1 aliphatic heterocycles. The van der Waals surface area contributed by atoms with E-state index in [1.165, 1.54) is 0 Å². The summed E-state index contributed by atoms with van der Waals surface area (Å²) in [6.45, 7) is 1.63. The molecule has 152 valence electrons. The highest BCUT2D eigenvalue weighted by Gasteiger charge is 2.28. The van der Waals surface area contributed by atoms with Gasteiger partial charge in [0, 0.05) is 23.7 Å². The van der Waals surface area contributed by atoms with Crippen LogP contribution >= 0.6 is 11.8 Å². The summed E-state index contributed by atoms with van der Waals surface area (Å²) in [5.41, 5.74) is -0.108. The maximum atomic E-state index is 11.9. The fourth-order valence-electron chi connectivity index (χ4n) is 2.86. The van der Waals surface area contributed by atoms with Crippen molar-refractivity contribution < 1.29 is 17.6 Å². The summed E-state index contributed by atoms with van der Waals surface area (Å²) in [5, 5.41) is 10.6. The minimum Gasteiger partial charge on any atom is -0.416 e. The minimum absolute atomic E-state index is 0.0247. The van der Waals surface area contributed by atoms with Crippen LogP contribution in [0.15, 0.2) is 19.2 Å². The van der Waals surface area contributed by atoms with Crippen molar-refractivity contribution in [2.75, 3.05) is 17.3 Å². The van der Waals surface area contributed by atoms with Gasteiger partial charge >= 0.3 is 5.69 Å². The summed E-state index contributed by atoms with van der Waals surface area (Å²) in [7, 11) is -3.05. The van der Waals surface area contributed by atoms with E-state index in [9.17, 15) is 22.8 Å². The van der Waals surface area contributed by atoms with Crippen LogP contribution in [0.25, 0.3) is 0 Å². The Bertz CT molecular complexity index is 1090. The third-order valence-corrected chi connectivity index (χ3v) is 6.80. The molecule has 0 aliphatic carbocycles. The zero-order chi connectivity index (χ0) is 20.3. The molecular formula is C15H19N5O6S2. The number of hydrogen-bond donors (Lipinski definition) is 3. The van der Waals surface area contributed by atoms with Gasteiger partial charge in [-0.2, -0.15) is 0 Å². The van der Waals surface area contributed by atoms with Crippen LogP contribution < -0.4 is 16.6 Å². The normalized spacial score (nSPS) is 18.2. The number of carbonyl (C=O) groups excluding carboxylic acids is 1. The van der Waals surface area contributed by atoms with Crippen molar-refractivity contribution in [2.24, 2.45) is 0 Å². The fourth-order valence-corrected chi connectivity index (χ4v) is 5.13. The molecule has 2 aromatic rings. The second-order valence-corrected chi connectivity index (χ2v) is 9.58. The number of nitrogens with one attached hydrogen (secondary N) is 3. The summed E-state index contributed by atoms with van der Waals surface area (Å²) in [6, 6.07) is -0.352. The summed E-state index contributed by atoms with van der Waals surface area (Å²) < 4.78 is 28.2. The molecule has 0 saturated carbocycles. The number of H-pyrrole nitrogens is 2. The summed E-state index contributed by atoms with van der Waals surface area (Å²) in [4.78, 5) is 39.6. The lowest BCUT2D eigenvalue weighted by atomic mass is 10.1. The Kier molecular flexibility index (Phi) is 6.03. The number of aryl methyl sites for hydroxylation is 2. The number of thioether (sulfide) groups is 1. The Morgan fingerprint density at radius 1 is 1.29 bits per heavy atom. The van der Waals surface area contributed by atoms with E-state index in [1.54, 1.807) is 6.92 Å². The second-order valence-electron chi connectivity index (χ2n) is 6.43. The first-order chi connectivity index (χ1) is 13.2. The van der Waals surface area contributed by atoms with E-state index in [2.05, 4.69) is 25.5 Å². The van der Waals surface area contributed by atoms with Crippen LogP contribution in [0.5, 0.6) is 0 Å². The van der Waals surface area contributed by atoms with Crippen molar-refractivity contribution in [1.29, 1.82) is 0 Å². The molecule has 13 heteroatoms. The van der Waals surface area contributed by atoms with Gasteiger partial charge in [-0.05, 0) is 19.8 Å². The van der Waals surface area contributed by atoms with E-state index < -0.39 is 21.1 Å². The first kappa shape index (κ1) is 20.3. The molecule has 0 bridgehead atoms. The van der Waals surface area contributed by atoms with E-state index in [1.807, 2.05) is 0 Å². The average Bonchev–Trinajstić information content (AvgIpc) is 3.18. The first-order valence-electron chi connectivity index (χ1n) is 8.49. The van der Waals surface area contributed by atoms with Crippen molar-refractivity contribution in [1.82, 2.24) is 25.5 Å². The summed E-state index contributed by atoms with van der Waals surface area (Å²) in [6.07, 6.45) is 1.03. The van der Waals surface area contributed by atoms with Gasteiger partial charge in [-0.25, -0.2) is 13.2 Å². The van der Waals surface area contributed by atoms with Crippen LogP contribution in [0.2, 0.25) is 0 Å². The Morgan fingerprint density at radius 2 is 2.07 bits per heavy atom. The molecule has 1 atom stereocenters. The average molecular weight is 429 g/mol. The highest BCUT2D eigenvalue weighted by Crippen LogP contribution is 2.17. The molecule has 0 spiro atoms. The molecule has 1 aliphatic rings. The number of carbonyl (C=O) groups is 1. The predicted molar refractivity (Wildman–Crippen MR) is 100 cm³/mol. The molecule has 3 rings (SSSR count). The maximum absolute atomic E-state index is 11.9. The van der Waals surface area contributed by atoms with Gasteiger partial charge in [-0.1, -0.05) is 11.8 Å². The lowest BCUT2D eigenvalue weighted by Crippen LogP contribution is -2.36. The number of sulfone groups is 1. The molecule has 0 radical (unpaired) electrons. The van der Waals surface area contributed by atoms with Gasteiger partial charge in [-0.15, -0.1) is 10.2 Å². The van der Waals surface area contributed by atoms with Gasteiger partial charge in [0.05, 0.1) is 17.3 Å². The SMILES string of the molecule is Cc1[nH]c(=O)[nH]c(=O)c1CCc1nnc(SCC(=O)N[C@H]2CCS(=O)(=O)C2)o1. The number of amides is 1. The quantitative estimate of drug-likeness (QED) is 0.464. The Hall–Kier alpha value is -2.41. The van der Waals surface area contributed by atoms with Gasteiger partial charge in [0.15, 0.2) is 9.84 Å². The van der Waals surface area contributed by atoms with Gasteiger partial charge in [0.2, 0.25) is 11.8 Å². The van der Waals surface area contributed by atoms with Crippen molar-refractivity contribution in [3.8, 4) is 0 Å². The predicted octanol–water partition coefficient (Wildman–Crippen LogP) is -1.06. The van der Waals surface area contributed by atoms with E-state index in [0.29, 0.717) is 36.4 Å². The van der Waals surface area contributed by atoms with Crippen molar-refractivity contribution >= 4 is 27.5 Å². The molecule has 3 heterocycles. The lowest BCUT2D eigenvalue weighted by Gasteiger charge is -2.09. The monoisotopic (exact) mass is 429 g/mol. The van der Waals surface area contributed by atoms with Crippen LogP contribution in [0.4, 0.5) is 0 Å². The van der Waals surface area contributed by atoms with Gasteiger partial charge in [0.1, 0.15) is 0 Å². The molecule has 0 unspecified atom stereocenters. The standard InChI is InChI=1S/C15H19N5O6S2/c1-8-10(13(22)18-14(23)16-8)2-3-12-19-20-15(26-12)27-6-11(21)17-9-4-5-28(24,25)7-9/h9H,2-7H2,1H3,(H,17,21)(H2,16,18,22,23)/t9-/m0/s1. The number of aromatic nitrogens is 4. The van der Waals surface area contributed by atoms with Crippen LogP contribution in [0.3, 0.4) is 0 Å². The lowest BCUT2D eigenvalue weighted by molar-refractivity contribution is -0.119. The molecule has 0 aromatic carbocycles. The zero-order valence-electron chi connectivity index (χ0n) is 15.0. The third-order valence-electron chi connectivity index (χ3n) is 4.22. The Balaban J connectivity index is 1.49. The number of nitrogens with zero attached hydrogens (tertiary/aromatic N) is 2.